The van der Waals surface area contributed by atoms with Crippen LogP contribution < -0.4 is 0 Å². The predicted octanol–water partition coefficient (Wildman–Crippen LogP) is 3.05. The van der Waals surface area contributed by atoms with Crippen molar-refractivity contribution in [2.75, 3.05) is 0 Å². The summed E-state index contributed by atoms with van der Waals surface area (Å²) < 4.78 is 2.07. The molecule has 2 nitrogen and oxygen atoms in total. The van der Waals surface area contributed by atoms with Crippen molar-refractivity contribution in [3.8, 4) is 0 Å². The lowest BCUT2D eigenvalue weighted by Crippen LogP contribution is -2.22. The Bertz CT molecular complexity index is 268. The molecular weight excluding hydrogens is 160 g/mol. The third kappa shape index (κ3) is 2.33. The topological polar surface area (TPSA) is 17.8 Å². The van der Waals surface area contributed by atoms with Gasteiger partial charge in [0.2, 0.25) is 0 Å². The zero-order chi connectivity index (χ0) is 10.1. The number of hydrogen-bond acceptors (Lipinski definition) is 1. The van der Waals surface area contributed by atoms with E-state index in [9.17, 15) is 0 Å². The van der Waals surface area contributed by atoms with Crippen LogP contribution in [0.15, 0.2) is 12.3 Å². The van der Waals surface area contributed by atoms with Crippen molar-refractivity contribution in [1.82, 2.24) is 9.78 Å². The lowest BCUT2D eigenvalue weighted by molar-refractivity contribution is 0.244. The van der Waals surface area contributed by atoms with Crippen molar-refractivity contribution in [2.45, 2.75) is 47.1 Å². The maximum atomic E-state index is 4.51. The molecule has 2 heteroatoms. The molecule has 0 radical (unpaired) electrons. The Morgan fingerprint density at radius 2 is 2.08 bits per heavy atom. The van der Waals surface area contributed by atoms with Crippen LogP contribution in [-0.4, -0.2) is 9.78 Å². The normalized spacial score (nSPS) is 14.5. The third-order valence-corrected chi connectivity index (χ3v) is 2.68. The third-order valence-electron chi connectivity index (χ3n) is 2.68. The van der Waals surface area contributed by atoms with Gasteiger partial charge in [0.05, 0.1) is 11.7 Å². The average molecular weight is 180 g/mol. The highest BCUT2D eigenvalue weighted by Gasteiger charge is 2.21. The van der Waals surface area contributed by atoms with Crippen LogP contribution in [0.5, 0.6) is 0 Å². The molecule has 13 heavy (non-hydrogen) atoms. The van der Waals surface area contributed by atoms with Gasteiger partial charge < -0.3 is 0 Å². The molecule has 1 aromatic heterocycles. The van der Waals surface area contributed by atoms with E-state index in [4.69, 9.17) is 0 Å². The monoisotopic (exact) mass is 180 g/mol. The summed E-state index contributed by atoms with van der Waals surface area (Å²) in [7, 11) is 0. The second-order valence-electron chi connectivity index (χ2n) is 4.68. The van der Waals surface area contributed by atoms with Crippen LogP contribution in [0.4, 0.5) is 0 Å². The fourth-order valence-corrected chi connectivity index (χ4v) is 1.18. The van der Waals surface area contributed by atoms with Gasteiger partial charge in [0.15, 0.2) is 0 Å². The summed E-state index contributed by atoms with van der Waals surface area (Å²) in [6.07, 6.45) is 3.10. The quantitative estimate of drug-likeness (QED) is 0.684. The number of aromatic nitrogens is 2. The van der Waals surface area contributed by atoms with Gasteiger partial charge in [0, 0.05) is 6.20 Å². The molecule has 1 heterocycles. The summed E-state index contributed by atoms with van der Waals surface area (Å²) in [6, 6.07) is 2.55. The van der Waals surface area contributed by atoms with Crippen LogP contribution in [0, 0.1) is 5.41 Å². The Morgan fingerprint density at radius 3 is 2.46 bits per heavy atom. The predicted molar refractivity (Wildman–Crippen MR) is 55.8 cm³/mol. The van der Waals surface area contributed by atoms with E-state index in [2.05, 4.69) is 56.7 Å². The van der Waals surface area contributed by atoms with Crippen molar-refractivity contribution in [1.29, 1.82) is 0 Å². The van der Waals surface area contributed by atoms with E-state index in [0.29, 0.717) is 6.04 Å². The second-order valence-corrected chi connectivity index (χ2v) is 4.68. The van der Waals surface area contributed by atoms with Crippen LogP contribution in [-0.2, 0) is 6.42 Å². The standard InChI is InChI=1S/C11H20N2/c1-6-10-7-8-13(12-10)9(2)11(3,4)5/h7-9H,6H2,1-5H3. The average Bonchev–Trinajstić information content (AvgIpc) is 2.48. The summed E-state index contributed by atoms with van der Waals surface area (Å²) in [6.45, 7) is 11.1. The summed E-state index contributed by atoms with van der Waals surface area (Å²) in [5.74, 6) is 0. The summed E-state index contributed by atoms with van der Waals surface area (Å²) in [5.41, 5.74) is 1.45. The minimum atomic E-state index is 0.275. The van der Waals surface area contributed by atoms with E-state index in [1.54, 1.807) is 0 Å². The molecule has 0 aliphatic heterocycles. The molecular formula is C11H20N2. The number of aryl methyl sites for hydroxylation is 1. The summed E-state index contributed by atoms with van der Waals surface area (Å²) >= 11 is 0. The highest BCUT2D eigenvalue weighted by atomic mass is 15.3. The van der Waals surface area contributed by atoms with Gasteiger partial charge in [-0.05, 0) is 24.8 Å². The van der Waals surface area contributed by atoms with Crippen LogP contribution in [0.25, 0.3) is 0 Å². The Kier molecular flexibility index (Phi) is 2.79. The molecule has 0 saturated heterocycles. The van der Waals surface area contributed by atoms with E-state index in [1.807, 2.05) is 0 Å². The molecule has 0 spiro atoms. The maximum absolute atomic E-state index is 4.51. The number of rotatable bonds is 2. The van der Waals surface area contributed by atoms with Crippen molar-refractivity contribution < 1.29 is 0 Å². The Balaban J connectivity index is 2.83. The van der Waals surface area contributed by atoms with Gasteiger partial charge in [-0.2, -0.15) is 5.10 Å². The zero-order valence-corrected chi connectivity index (χ0v) is 9.33. The zero-order valence-electron chi connectivity index (χ0n) is 9.33. The van der Waals surface area contributed by atoms with Crippen molar-refractivity contribution in [3.63, 3.8) is 0 Å². The van der Waals surface area contributed by atoms with Crippen LogP contribution in [0.3, 0.4) is 0 Å². The van der Waals surface area contributed by atoms with Gasteiger partial charge in [0.25, 0.3) is 0 Å². The van der Waals surface area contributed by atoms with Gasteiger partial charge in [-0.25, -0.2) is 0 Å². The van der Waals surface area contributed by atoms with Crippen LogP contribution in [0.2, 0.25) is 0 Å². The fraction of sp³-hybridized carbons (Fsp3) is 0.727. The highest BCUT2D eigenvalue weighted by molar-refractivity contribution is 4.99. The largest absolute Gasteiger partial charge is 0.269 e. The molecule has 0 bridgehead atoms. The first-order chi connectivity index (χ1) is 5.95. The lowest BCUT2D eigenvalue weighted by atomic mass is 9.88. The minimum absolute atomic E-state index is 0.275. The molecule has 1 rings (SSSR count). The van der Waals surface area contributed by atoms with E-state index < -0.39 is 0 Å². The van der Waals surface area contributed by atoms with Crippen LogP contribution >= 0.6 is 0 Å². The van der Waals surface area contributed by atoms with Gasteiger partial charge in [-0.15, -0.1) is 0 Å². The van der Waals surface area contributed by atoms with E-state index >= 15 is 0 Å². The Hall–Kier alpha value is -0.790. The number of hydrogen-bond donors (Lipinski definition) is 0. The van der Waals surface area contributed by atoms with Gasteiger partial charge >= 0.3 is 0 Å². The first-order valence-corrected chi connectivity index (χ1v) is 4.99. The molecule has 74 valence electrons. The molecule has 0 aromatic carbocycles. The highest BCUT2D eigenvalue weighted by Crippen LogP contribution is 2.29. The van der Waals surface area contributed by atoms with E-state index in [0.717, 1.165) is 6.42 Å². The van der Waals surface area contributed by atoms with Crippen LogP contribution in [0.1, 0.15) is 46.4 Å². The van der Waals surface area contributed by atoms with Gasteiger partial charge in [-0.1, -0.05) is 27.7 Å². The Morgan fingerprint density at radius 1 is 1.46 bits per heavy atom. The molecule has 1 atom stereocenters. The van der Waals surface area contributed by atoms with E-state index in [1.165, 1.54) is 5.69 Å². The smallest absolute Gasteiger partial charge is 0.0622 e. The van der Waals surface area contributed by atoms with Crippen molar-refractivity contribution in [2.24, 2.45) is 5.41 Å². The molecule has 1 aromatic rings. The second kappa shape index (κ2) is 3.52. The van der Waals surface area contributed by atoms with Crippen molar-refractivity contribution in [3.05, 3.63) is 18.0 Å². The number of nitrogens with zero attached hydrogens (tertiary/aromatic N) is 2. The molecule has 0 aliphatic carbocycles. The van der Waals surface area contributed by atoms with Gasteiger partial charge in [-0.3, -0.25) is 4.68 Å². The fourth-order valence-electron chi connectivity index (χ4n) is 1.18. The molecule has 0 saturated carbocycles. The van der Waals surface area contributed by atoms with Gasteiger partial charge in [0.1, 0.15) is 0 Å². The SMILES string of the molecule is CCc1ccn(C(C)C(C)(C)C)n1. The molecule has 0 fully saturated rings. The first kappa shape index (κ1) is 10.3. The van der Waals surface area contributed by atoms with Crippen molar-refractivity contribution >= 4 is 0 Å². The molecule has 0 N–H and O–H groups in total. The maximum Gasteiger partial charge on any atom is 0.0622 e. The summed E-state index contributed by atoms with van der Waals surface area (Å²) in [4.78, 5) is 0. The Labute approximate surface area is 81.0 Å². The molecule has 0 aliphatic rings. The molecule has 1 unspecified atom stereocenters. The minimum Gasteiger partial charge on any atom is -0.269 e. The molecule has 0 amide bonds. The first-order valence-electron chi connectivity index (χ1n) is 4.99. The summed E-state index contributed by atoms with van der Waals surface area (Å²) in [5, 5.41) is 4.51. The lowest BCUT2D eigenvalue weighted by Gasteiger charge is -2.27. The van der Waals surface area contributed by atoms with E-state index in [-0.39, 0.29) is 5.41 Å².